The smallest absolute Gasteiger partial charge is 0.387 e. The molecule has 0 spiro atoms. The van der Waals surface area contributed by atoms with E-state index in [0.717, 1.165) is 17.5 Å². The zero-order valence-corrected chi connectivity index (χ0v) is 14.1. The molecule has 2 aromatic carbocycles. The average molecular weight is 372 g/mol. The summed E-state index contributed by atoms with van der Waals surface area (Å²) in [7, 11) is 0. The van der Waals surface area contributed by atoms with Crippen molar-refractivity contribution in [1.29, 1.82) is 0 Å². The molecule has 0 saturated carbocycles. The molecule has 0 atom stereocenters. The third-order valence-electron chi connectivity index (χ3n) is 3.85. The van der Waals surface area contributed by atoms with Crippen LogP contribution in [0.25, 0.3) is 16.8 Å². The maximum Gasteiger partial charge on any atom is 0.387 e. The second-order valence-corrected chi connectivity index (χ2v) is 5.68. The number of ether oxygens (including phenoxy) is 1. The van der Waals surface area contributed by atoms with Crippen molar-refractivity contribution in [1.82, 2.24) is 0 Å². The molecular formula is C20H14F2O5. The van der Waals surface area contributed by atoms with Gasteiger partial charge in [0.1, 0.15) is 22.8 Å². The lowest BCUT2D eigenvalue weighted by Crippen LogP contribution is -2.13. The van der Waals surface area contributed by atoms with Crippen LogP contribution in [0.15, 0.2) is 57.8 Å². The molecule has 5 nitrogen and oxygen atoms in total. The molecule has 0 amide bonds. The van der Waals surface area contributed by atoms with Crippen LogP contribution in [0.1, 0.15) is 21.7 Å². The van der Waals surface area contributed by atoms with Crippen LogP contribution in [0, 0.1) is 6.92 Å². The van der Waals surface area contributed by atoms with Crippen molar-refractivity contribution in [3.63, 3.8) is 0 Å². The molecular weight excluding hydrogens is 358 g/mol. The number of ketones is 1. The van der Waals surface area contributed by atoms with Crippen molar-refractivity contribution in [2.75, 3.05) is 0 Å². The van der Waals surface area contributed by atoms with Crippen molar-refractivity contribution < 1.29 is 27.8 Å². The van der Waals surface area contributed by atoms with Gasteiger partial charge in [-0.15, -0.1) is 0 Å². The highest BCUT2D eigenvalue weighted by Crippen LogP contribution is 2.30. The fourth-order valence-electron chi connectivity index (χ4n) is 2.71. The summed E-state index contributed by atoms with van der Waals surface area (Å²) in [4.78, 5) is 24.2. The van der Waals surface area contributed by atoms with E-state index in [1.165, 1.54) is 19.1 Å². The summed E-state index contributed by atoms with van der Waals surface area (Å²) in [6, 6.07) is 11.1. The highest BCUT2D eigenvalue weighted by Gasteiger charge is 2.17. The summed E-state index contributed by atoms with van der Waals surface area (Å²) in [5, 5.41) is 11.2. The van der Waals surface area contributed by atoms with Crippen molar-refractivity contribution >= 4 is 22.6 Å². The number of allylic oxidation sites excluding steroid dienone is 1. The molecule has 3 rings (SSSR count). The van der Waals surface area contributed by atoms with Gasteiger partial charge in [-0.3, -0.25) is 4.79 Å². The topological polar surface area (TPSA) is 76.7 Å². The Kier molecular flexibility index (Phi) is 5.03. The van der Waals surface area contributed by atoms with Crippen LogP contribution in [-0.2, 0) is 0 Å². The molecule has 0 fully saturated rings. The van der Waals surface area contributed by atoms with Gasteiger partial charge in [0.05, 0.1) is 0 Å². The van der Waals surface area contributed by atoms with Crippen molar-refractivity contribution in [3.8, 4) is 11.5 Å². The number of benzene rings is 2. The highest BCUT2D eigenvalue weighted by atomic mass is 19.3. The molecule has 1 N–H and O–H groups in total. The molecule has 0 aliphatic carbocycles. The van der Waals surface area contributed by atoms with Crippen molar-refractivity contribution in [2.45, 2.75) is 13.5 Å². The Labute approximate surface area is 152 Å². The van der Waals surface area contributed by atoms with Crippen LogP contribution in [-0.4, -0.2) is 17.5 Å². The Morgan fingerprint density at radius 2 is 1.96 bits per heavy atom. The van der Waals surface area contributed by atoms with E-state index in [-0.39, 0.29) is 17.1 Å². The van der Waals surface area contributed by atoms with E-state index in [2.05, 4.69) is 4.74 Å². The van der Waals surface area contributed by atoms with Gasteiger partial charge in [0.2, 0.25) is 0 Å². The van der Waals surface area contributed by atoms with E-state index >= 15 is 0 Å². The second-order valence-electron chi connectivity index (χ2n) is 5.68. The minimum absolute atomic E-state index is 0.118. The number of alkyl halides is 2. The number of halogens is 2. The maximum atomic E-state index is 12.7. The summed E-state index contributed by atoms with van der Waals surface area (Å²) in [6.45, 7) is -1.59. The van der Waals surface area contributed by atoms with Gasteiger partial charge in [0.15, 0.2) is 5.78 Å². The van der Waals surface area contributed by atoms with Gasteiger partial charge in [-0.05, 0) is 35.9 Å². The predicted molar refractivity (Wildman–Crippen MR) is 95.3 cm³/mol. The van der Waals surface area contributed by atoms with Gasteiger partial charge in [0.25, 0.3) is 0 Å². The highest BCUT2D eigenvalue weighted by molar-refractivity contribution is 6.09. The molecule has 138 valence electrons. The summed E-state index contributed by atoms with van der Waals surface area (Å²) in [5.41, 5.74) is -1.27. The molecule has 0 aliphatic rings. The molecule has 1 aromatic heterocycles. The van der Waals surface area contributed by atoms with E-state index in [1.807, 2.05) is 0 Å². The summed E-state index contributed by atoms with van der Waals surface area (Å²) in [6.07, 6.45) is 2.27. The van der Waals surface area contributed by atoms with Crippen LogP contribution >= 0.6 is 0 Å². The van der Waals surface area contributed by atoms with Crippen LogP contribution in [0.3, 0.4) is 0 Å². The minimum Gasteiger partial charge on any atom is -0.507 e. The molecule has 7 heteroatoms. The van der Waals surface area contributed by atoms with E-state index in [1.54, 1.807) is 30.3 Å². The SMILES string of the molecule is Cc1cc(O)c(C(=O)/C=C/c2c(OC(F)F)ccc3ccccc23)c(=O)o1. The van der Waals surface area contributed by atoms with Gasteiger partial charge in [-0.1, -0.05) is 30.3 Å². The first-order valence-electron chi connectivity index (χ1n) is 7.89. The summed E-state index contributed by atoms with van der Waals surface area (Å²) >= 11 is 0. The normalized spacial score (nSPS) is 11.4. The van der Waals surface area contributed by atoms with Crippen LogP contribution < -0.4 is 10.4 Å². The zero-order chi connectivity index (χ0) is 19.6. The maximum absolute atomic E-state index is 12.7. The number of hydrogen-bond donors (Lipinski definition) is 1. The first-order chi connectivity index (χ1) is 12.9. The van der Waals surface area contributed by atoms with Gasteiger partial charge in [-0.2, -0.15) is 8.78 Å². The Bertz CT molecular complexity index is 1100. The summed E-state index contributed by atoms with van der Waals surface area (Å²) in [5.74, 6) is -1.30. The Morgan fingerprint density at radius 3 is 2.67 bits per heavy atom. The number of aromatic hydroxyl groups is 1. The number of aryl methyl sites for hydroxylation is 1. The fourth-order valence-corrected chi connectivity index (χ4v) is 2.71. The van der Waals surface area contributed by atoms with Crippen molar-refractivity contribution in [3.05, 3.63) is 75.8 Å². The summed E-state index contributed by atoms with van der Waals surface area (Å²) < 4.78 is 34.8. The van der Waals surface area contributed by atoms with E-state index in [4.69, 9.17) is 4.42 Å². The molecule has 27 heavy (non-hydrogen) atoms. The van der Waals surface area contributed by atoms with Gasteiger partial charge < -0.3 is 14.3 Å². The number of carbonyl (C=O) groups is 1. The van der Waals surface area contributed by atoms with E-state index < -0.39 is 29.3 Å². The Hall–Kier alpha value is -3.48. The van der Waals surface area contributed by atoms with E-state index in [9.17, 15) is 23.5 Å². The second kappa shape index (κ2) is 7.41. The lowest BCUT2D eigenvalue weighted by atomic mass is 10.0. The van der Waals surface area contributed by atoms with E-state index in [0.29, 0.717) is 5.39 Å². The number of rotatable bonds is 5. The molecule has 0 unspecified atom stereocenters. The van der Waals surface area contributed by atoms with Crippen LogP contribution in [0.2, 0.25) is 0 Å². The van der Waals surface area contributed by atoms with Gasteiger partial charge in [0, 0.05) is 11.6 Å². The standard InChI is InChI=1S/C20H14F2O5/c1-11-10-16(24)18(19(25)26-11)15(23)8-7-14-13-5-3-2-4-12(13)6-9-17(14)27-20(21)22/h2-10,20,24H,1H3/b8-7+. The minimum atomic E-state index is -3.04. The monoisotopic (exact) mass is 372 g/mol. The molecule has 0 bridgehead atoms. The number of fused-ring (bicyclic) bond motifs is 1. The molecule has 1 heterocycles. The molecule has 0 saturated heterocycles. The lowest BCUT2D eigenvalue weighted by Gasteiger charge is -2.11. The fraction of sp³-hybridized carbons (Fsp3) is 0.100. The average Bonchev–Trinajstić information content (AvgIpc) is 2.59. The lowest BCUT2D eigenvalue weighted by molar-refractivity contribution is -0.0498. The first-order valence-corrected chi connectivity index (χ1v) is 7.89. The molecule has 3 aromatic rings. The Morgan fingerprint density at radius 1 is 1.22 bits per heavy atom. The predicted octanol–water partition coefficient (Wildman–Crippen LogP) is 4.30. The van der Waals surface area contributed by atoms with Crippen molar-refractivity contribution in [2.24, 2.45) is 0 Å². The van der Waals surface area contributed by atoms with Gasteiger partial charge in [-0.25, -0.2) is 4.79 Å². The molecule has 0 radical (unpaired) electrons. The first kappa shape index (κ1) is 18.3. The largest absolute Gasteiger partial charge is 0.507 e. The third kappa shape index (κ3) is 3.87. The van der Waals surface area contributed by atoms with Gasteiger partial charge >= 0.3 is 12.2 Å². The number of carbonyl (C=O) groups excluding carboxylic acids is 1. The quantitative estimate of drug-likeness (QED) is 0.534. The third-order valence-corrected chi connectivity index (χ3v) is 3.85. The van der Waals surface area contributed by atoms with Crippen LogP contribution in [0.5, 0.6) is 11.5 Å². The Balaban J connectivity index is 2.07. The molecule has 0 aliphatic heterocycles. The number of hydrogen-bond acceptors (Lipinski definition) is 5. The van der Waals surface area contributed by atoms with Crippen LogP contribution in [0.4, 0.5) is 8.78 Å². The zero-order valence-electron chi connectivity index (χ0n) is 14.1.